The highest BCUT2D eigenvalue weighted by Crippen LogP contribution is 2.67. The van der Waals surface area contributed by atoms with Crippen molar-refractivity contribution in [3.63, 3.8) is 0 Å². The van der Waals surface area contributed by atoms with E-state index in [1.165, 1.54) is 25.7 Å². The van der Waals surface area contributed by atoms with Gasteiger partial charge in [0.1, 0.15) is 5.78 Å². The molecule has 4 fully saturated rings. The quantitative estimate of drug-likeness (QED) is 0.569. The summed E-state index contributed by atoms with van der Waals surface area (Å²) in [6.45, 7) is 9.51. The second kappa shape index (κ2) is 8.99. The van der Waals surface area contributed by atoms with Crippen molar-refractivity contribution in [1.82, 2.24) is 5.32 Å². The average Bonchev–Trinajstić information content (AvgIpc) is 3.00. The number of hydrogen-bond acceptors (Lipinski definition) is 5. The van der Waals surface area contributed by atoms with Crippen molar-refractivity contribution in [2.75, 3.05) is 13.7 Å². The first kappa shape index (κ1) is 24.7. The number of nitrogens with one attached hydrogen (secondary N) is 1. The molecule has 4 saturated carbocycles. The number of Topliss-reactive ketones (excluding diaryl/α,β-unsaturated/α-hetero) is 1. The van der Waals surface area contributed by atoms with Gasteiger partial charge in [0.05, 0.1) is 18.1 Å². The standard InChI is InChI=1S/C28H44N2O3/c1-6-25(32)33-16-18(2)22-7-8-23-21-13-19(9-11-26(22,23)3)27(4)12-10-20(31)14-28(27,17-29)15-24(21)30-5/h18-19,21-24,30H,6-16H2,1-5H3/t18-,19?,21+,22-,23?,24-,26-,27?,28+/m1/s1. The third-order valence-electron chi connectivity index (χ3n) is 11.2. The Hall–Kier alpha value is -1.41. The third-order valence-corrected chi connectivity index (χ3v) is 11.2. The Labute approximate surface area is 200 Å². The van der Waals surface area contributed by atoms with Crippen molar-refractivity contribution in [2.24, 2.45) is 45.8 Å². The van der Waals surface area contributed by atoms with Crippen LogP contribution < -0.4 is 5.32 Å². The molecular weight excluding hydrogens is 412 g/mol. The lowest BCUT2D eigenvalue weighted by molar-refractivity contribution is -0.145. The number of ether oxygens (including phenoxy) is 1. The molecule has 0 aromatic heterocycles. The van der Waals surface area contributed by atoms with Crippen LogP contribution in [-0.4, -0.2) is 31.4 Å². The highest BCUT2D eigenvalue weighted by Gasteiger charge is 2.63. The molecule has 9 atom stereocenters. The molecule has 0 aliphatic heterocycles. The van der Waals surface area contributed by atoms with Crippen molar-refractivity contribution in [1.29, 1.82) is 5.26 Å². The summed E-state index contributed by atoms with van der Waals surface area (Å²) in [7, 11) is 2.06. The van der Waals surface area contributed by atoms with Crippen LogP contribution in [-0.2, 0) is 14.3 Å². The van der Waals surface area contributed by atoms with Crippen LogP contribution in [0.5, 0.6) is 0 Å². The van der Waals surface area contributed by atoms with E-state index in [0.29, 0.717) is 55.5 Å². The van der Waals surface area contributed by atoms with E-state index in [0.717, 1.165) is 19.3 Å². The maximum Gasteiger partial charge on any atom is 0.305 e. The van der Waals surface area contributed by atoms with Gasteiger partial charge in [-0.2, -0.15) is 5.26 Å². The number of nitriles is 1. The molecule has 0 spiro atoms. The van der Waals surface area contributed by atoms with Gasteiger partial charge in [-0.05, 0) is 92.4 Å². The molecule has 4 aliphatic carbocycles. The van der Waals surface area contributed by atoms with Crippen molar-refractivity contribution in [3.8, 4) is 6.07 Å². The predicted octanol–water partition coefficient (Wildman–Crippen LogP) is 5.29. The maximum absolute atomic E-state index is 12.6. The van der Waals surface area contributed by atoms with E-state index in [-0.39, 0.29) is 28.6 Å². The third kappa shape index (κ3) is 3.85. The van der Waals surface area contributed by atoms with Gasteiger partial charge in [-0.3, -0.25) is 9.59 Å². The smallest absolute Gasteiger partial charge is 0.305 e. The number of ketones is 1. The predicted molar refractivity (Wildman–Crippen MR) is 128 cm³/mol. The Kier molecular flexibility index (Phi) is 6.73. The molecule has 2 bridgehead atoms. The number of esters is 1. The lowest BCUT2D eigenvalue weighted by atomic mass is 9.50. The molecule has 33 heavy (non-hydrogen) atoms. The first-order valence-corrected chi connectivity index (χ1v) is 13.4. The molecule has 5 nitrogen and oxygen atoms in total. The van der Waals surface area contributed by atoms with Crippen LogP contribution in [0.3, 0.4) is 0 Å². The first-order valence-electron chi connectivity index (χ1n) is 13.4. The Bertz CT molecular complexity index is 820. The molecule has 0 radical (unpaired) electrons. The number of carbonyl (C=O) groups excluding carboxylic acids is 2. The van der Waals surface area contributed by atoms with Crippen LogP contribution in [0.15, 0.2) is 0 Å². The summed E-state index contributed by atoms with van der Waals surface area (Å²) < 4.78 is 5.58. The Morgan fingerprint density at radius 1 is 1.27 bits per heavy atom. The van der Waals surface area contributed by atoms with Gasteiger partial charge in [0.2, 0.25) is 0 Å². The van der Waals surface area contributed by atoms with Gasteiger partial charge in [0.25, 0.3) is 0 Å². The highest BCUT2D eigenvalue weighted by atomic mass is 16.5. The molecule has 0 aromatic carbocycles. The lowest BCUT2D eigenvalue weighted by Gasteiger charge is -2.52. The Balaban J connectivity index is 1.66. The van der Waals surface area contributed by atoms with Crippen LogP contribution in [0.1, 0.15) is 91.9 Å². The topological polar surface area (TPSA) is 79.2 Å². The normalized spacial score (nSPS) is 45.7. The molecule has 5 heteroatoms. The summed E-state index contributed by atoms with van der Waals surface area (Å²) in [6, 6.07) is 3.02. The van der Waals surface area contributed by atoms with Gasteiger partial charge >= 0.3 is 5.97 Å². The van der Waals surface area contributed by atoms with E-state index in [1.54, 1.807) is 0 Å². The van der Waals surface area contributed by atoms with E-state index in [9.17, 15) is 14.9 Å². The summed E-state index contributed by atoms with van der Waals surface area (Å²) in [5, 5.41) is 14.1. The second-order valence-corrected chi connectivity index (χ2v) is 12.4. The molecule has 0 heterocycles. The molecule has 4 aliphatic rings. The zero-order valence-electron chi connectivity index (χ0n) is 21.4. The minimum Gasteiger partial charge on any atom is -0.465 e. The van der Waals surface area contributed by atoms with E-state index >= 15 is 0 Å². The van der Waals surface area contributed by atoms with Crippen LogP contribution in [0, 0.1) is 57.2 Å². The number of fused-ring (bicyclic) bond motifs is 6. The molecule has 1 N–H and O–H groups in total. The van der Waals surface area contributed by atoms with Crippen LogP contribution in [0.2, 0.25) is 0 Å². The van der Waals surface area contributed by atoms with Crippen LogP contribution in [0.4, 0.5) is 0 Å². The Morgan fingerprint density at radius 2 is 2.03 bits per heavy atom. The minimum absolute atomic E-state index is 0.0910. The molecule has 3 unspecified atom stereocenters. The van der Waals surface area contributed by atoms with Crippen LogP contribution in [0.25, 0.3) is 0 Å². The SMILES string of the molecule is CCC(=O)OC[C@@H](C)[C@H]1CCC2[C@@H]3CC(CC[C@@]21C)C1(C)CCC(=O)C[C@@]1(C#N)C[C@H]3NC. The average molecular weight is 457 g/mol. The number of hydrogen-bond donors (Lipinski definition) is 1. The summed E-state index contributed by atoms with van der Waals surface area (Å²) in [4.78, 5) is 24.4. The maximum atomic E-state index is 12.6. The van der Waals surface area contributed by atoms with Gasteiger partial charge < -0.3 is 10.1 Å². The van der Waals surface area contributed by atoms with Gasteiger partial charge in [-0.25, -0.2) is 0 Å². The lowest BCUT2D eigenvalue weighted by Crippen LogP contribution is -2.51. The first-order chi connectivity index (χ1) is 15.6. The molecule has 184 valence electrons. The summed E-state index contributed by atoms with van der Waals surface area (Å²) in [6.07, 6.45) is 9.08. The van der Waals surface area contributed by atoms with Crippen LogP contribution >= 0.6 is 0 Å². The van der Waals surface area contributed by atoms with E-state index < -0.39 is 5.41 Å². The van der Waals surface area contributed by atoms with E-state index in [4.69, 9.17) is 4.74 Å². The molecule has 0 amide bonds. The van der Waals surface area contributed by atoms with Crippen molar-refractivity contribution >= 4 is 11.8 Å². The summed E-state index contributed by atoms with van der Waals surface area (Å²) in [5.41, 5.74) is -0.394. The van der Waals surface area contributed by atoms with Gasteiger partial charge in [-0.15, -0.1) is 0 Å². The monoisotopic (exact) mass is 456 g/mol. The second-order valence-electron chi connectivity index (χ2n) is 12.4. The van der Waals surface area contributed by atoms with E-state index in [2.05, 4.69) is 39.2 Å². The minimum atomic E-state index is -0.539. The van der Waals surface area contributed by atoms with E-state index in [1.807, 2.05) is 6.92 Å². The Morgan fingerprint density at radius 3 is 2.70 bits per heavy atom. The van der Waals surface area contributed by atoms with Crippen molar-refractivity contribution in [3.05, 3.63) is 0 Å². The number of carbonyl (C=O) groups is 2. The largest absolute Gasteiger partial charge is 0.465 e. The fourth-order valence-electron chi connectivity index (χ4n) is 9.09. The highest BCUT2D eigenvalue weighted by molar-refractivity contribution is 5.81. The number of rotatable bonds is 5. The summed E-state index contributed by atoms with van der Waals surface area (Å²) >= 11 is 0. The zero-order chi connectivity index (χ0) is 24.0. The molecule has 0 aromatic rings. The van der Waals surface area contributed by atoms with Gasteiger partial charge in [0, 0.05) is 25.3 Å². The molecule has 4 rings (SSSR count). The zero-order valence-corrected chi connectivity index (χ0v) is 21.4. The number of nitrogens with zero attached hydrogens (tertiary/aromatic N) is 1. The molecular formula is C28H44N2O3. The van der Waals surface area contributed by atoms with Gasteiger partial charge in [-0.1, -0.05) is 27.7 Å². The molecule has 0 saturated heterocycles. The van der Waals surface area contributed by atoms with Gasteiger partial charge in [0.15, 0.2) is 0 Å². The fraction of sp³-hybridized carbons (Fsp3) is 0.893. The van der Waals surface area contributed by atoms with Crippen molar-refractivity contribution < 1.29 is 14.3 Å². The fourth-order valence-corrected chi connectivity index (χ4v) is 9.09. The summed E-state index contributed by atoms with van der Waals surface area (Å²) in [5.74, 6) is 2.74. The van der Waals surface area contributed by atoms with Crippen molar-refractivity contribution in [2.45, 2.75) is 97.9 Å².